The van der Waals surface area contributed by atoms with E-state index >= 15 is 0 Å². The zero-order chi connectivity index (χ0) is 23.7. The third kappa shape index (κ3) is 4.67. The summed E-state index contributed by atoms with van der Waals surface area (Å²) in [4.78, 5) is 23.1. The van der Waals surface area contributed by atoms with Crippen LogP contribution in [-0.2, 0) is 0 Å². The number of hydrogen-bond acceptors (Lipinski definition) is 5. The molecule has 4 rings (SSSR count). The van der Waals surface area contributed by atoms with Gasteiger partial charge < -0.3 is 14.8 Å². The zero-order valence-corrected chi connectivity index (χ0v) is 18.8. The van der Waals surface area contributed by atoms with Crippen LogP contribution in [0.2, 0.25) is 0 Å². The van der Waals surface area contributed by atoms with Crippen molar-refractivity contribution in [3.63, 3.8) is 0 Å². The summed E-state index contributed by atoms with van der Waals surface area (Å²) in [6, 6.07) is 7.60. The van der Waals surface area contributed by atoms with Crippen molar-refractivity contribution in [1.82, 2.24) is 19.4 Å². The van der Waals surface area contributed by atoms with E-state index in [1.54, 1.807) is 31.5 Å². The van der Waals surface area contributed by atoms with Crippen molar-refractivity contribution in [1.29, 1.82) is 10.8 Å². The van der Waals surface area contributed by atoms with Crippen LogP contribution in [0.4, 0.5) is 10.2 Å². The van der Waals surface area contributed by atoms with Crippen molar-refractivity contribution in [2.75, 3.05) is 5.32 Å². The Morgan fingerprint density at radius 3 is 2.76 bits per heavy atom. The van der Waals surface area contributed by atoms with E-state index in [0.29, 0.717) is 22.9 Å². The number of imidazole rings is 1. The van der Waals surface area contributed by atoms with E-state index in [9.17, 15) is 9.18 Å². The minimum absolute atomic E-state index is 0.0338. The Balaban J connectivity index is 1.58. The maximum Gasteiger partial charge on any atom is 0.259 e. The average Bonchev–Trinajstić information content (AvgIpc) is 3.51. The Bertz CT molecular complexity index is 1230. The lowest BCUT2D eigenvalue weighted by atomic mass is 10.1. The van der Waals surface area contributed by atoms with Crippen molar-refractivity contribution in [2.24, 2.45) is 0 Å². The molecule has 8 nitrogen and oxygen atoms in total. The Kier molecular flexibility index (Phi) is 6.04. The molecule has 3 aromatic rings. The quantitative estimate of drug-likeness (QED) is 0.366. The van der Waals surface area contributed by atoms with E-state index in [2.05, 4.69) is 15.3 Å². The predicted octanol–water partition coefficient (Wildman–Crippen LogP) is 4.49. The first-order chi connectivity index (χ1) is 15.8. The molecule has 1 aliphatic carbocycles. The molecule has 1 fully saturated rings. The predicted molar refractivity (Wildman–Crippen MR) is 125 cm³/mol. The van der Waals surface area contributed by atoms with Crippen LogP contribution < -0.4 is 5.32 Å². The van der Waals surface area contributed by atoms with Gasteiger partial charge in [0.25, 0.3) is 5.91 Å². The molecule has 1 saturated carbocycles. The molecule has 0 atom stereocenters. The Labute approximate surface area is 191 Å². The van der Waals surface area contributed by atoms with Gasteiger partial charge in [0, 0.05) is 18.2 Å². The van der Waals surface area contributed by atoms with Crippen LogP contribution in [0.3, 0.4) is 0 Å². The van der Waals surface area contributed by atoms with E-state index < -0.39 is 11.7 Å². The number of aromatic nitrogens is 3. The van der Waals surface area contributed by atoms with Gasteiger partial charge in [0.2, 0.25) is 0 Å². The van der Waals surface area contributed by atoms with Crippen molar-refractivity contribution < 1.29 is 9.18 Å². The van der Waals surface area contributed by atoms with Gasteiger partial charge in [0.1, 0.15) is 17.3 Å². The minimum atomic E-state index is -0.639. The van der Waals surface area contributed by atoms with Crippen LogP contribution >= 0.6 is 0 Å². The molecule has 2 heterocycles. The highest BCUT2D eigenvalue weighted by atomic mass is 19.1. The van der Waals surface area contributed by atoms with Crippen molar-refractivity contribution in [3.8, 4) is 5.69 Å². The molecule has 2 aromatic heterocycles. The largest absolute Gasteiger partial charge is 0.314 e. The number of benzene rings is 1. The van der Waals surface area contributed by atoms with Crippen LogP contribution in [0.25, 0.3) is 5.69 Å². The molecule has 0 spiro atoms. The van der Waals surface area contributed by atoms with Crippen LogP contribution in [0.5, 0.6) is 0 Å². The van der Waals surface area contributed by atoms with Gasteiger partial charge in [-0.2, -0.15) is 0 Å². The van der Waals surface area contributed by atoms with Gasteiger partial charge in [-0.25, -0.2) is 14.4 Å². The third-order valence-corrected chi connectivity index (χ3v) is 5.59. The van der Waals surface area contributed by atoms with E-state index in [4.69, 9.17) is 10.8 Å². The Hall–Kier alpha value is -3.88. The smallest absolute Gasteiger partial charge is 0.259 e. The number of aryl methyl sites for hydroxylation is 1. The second-order valence-electron chi connectivity index (χ2n) is 8.44. The van der Waals surface area contributed by atoms with E-state index in [-0.39, 0.29) is 23.3 Å². The summed E-state index contributed by atoms with van der Waals surface area (Å²) in [6.45, 7) is 5.50. The van der Waals surface area contributed by atoms with E-state index in [0.717, 1.165) is 24.9 Å². The fourth-order valence-electron chi connectivity index (χ4n) is 3.60. The van der Waals surface area contributed by atoms with Crippen LogP contribution in [0.1, 0.15) is 59.9 Å². The number of nitrogens with zero attached hydrogens (tertiary/aromatic N) is 4. The molecule has 33 heavy (non-hydrogen) atoms. The number of amides is 1. The second kappa shape index (κ2) is 8.93. The minimum Gasteiger partial charge on any atom is -0.314 e. The summed E-state index contributed by atoms with van der Waals surface area (Å²) >= 11 is 0. The molecule has 3 N–H and O–H groups in total. The van der Waals surface area contributed by atoms with Crippen LogP contribution in [0.15, 0.2) is 42.9 Å². The molecule has 1 aromatic carbocycles. The third-order valence-electron chi connectivity index (χ3n) is 5.59. The first-order valence-corrected chi connectivity index (χ1v) is 10.8. The number of halogens is 1. The maximum atomic E-state index is 14.7. The Morgan fingerprint density at radius 2 is 2.09 bits per heavy atom. The number of pyridine rings is 1. The standard InChI is InChI=1S/C24H26FN7O/c1-14(2)32(12-26)23(27)19-5-4-6-22(29-19)30-24(33)17-10-21(15(3)9-18(17)25)31-11-20(28-13-31)16-7-8-16/h4-6,9-14,16,26-27H,7-8H2,1-3H3,(H,29,30,33). The number of amidine groups is 1. The van der Waals surface area contributed by atoms with Gasteiger partial charge in [0.05, 0.1) is 29.6 Å². The molecule has 0 aliphatic heterocycles. The average molecular weight is 448 g/mol. The summed E-state index contributed by atoms with van der Waals surface area (Å²) < 4.78 is 16.5. The van der Waals surface area contributed by atoms with E-state index in [1.165, 1.54) is 17.0 Å². The fourth-order valence-corrected chi connectivity index (χ4v) is 3.60. The van der Waals surface area contributed by atoms with Crippen LogP contribution in [-0.4, -0.2) is 43.6 Å². The Morgan fingerprint density at radius 1 is 1.33 bits per heavy atom. The topological polar surface area (TPSA) is 111 Å². The van der Waals surface area contributed by atoms with Crippen molar-refractivity contribution in [2.45, 2.75) is 45.6 Å². The van der Waals surface area contributed by atoms with Crippen LogP contribution in [0, 0.1) is 23.6 Å². The van der Waals surface area contributed by atoms with Gasteiger partial charge in [0.15, 0.2) is 5.84 Å². The first-order valence-electron chi connectivity index (χ1n) is 10.8. The molecular weight excluding hydrogens is 421 g/mol. The number of nitrogens with one attached hydrogen (secondary N) is 3. The lowest BCUT2D eigenvalue weighted by Crippen LogP contribution is -2.36. The van der Waals surface area contributed by atoms with Crippen molar-refractivity contribution in [3.05, 3.63) is 71.2 Å². The molecule has 0 saturated heterocycles. The highest BCUT2D eigenvalue weighted by molar-refractivity contribution is 6.05. The molecule has 0 unspecified atom stereocenters. The lowest BCUT2D eigenvalue weighted by Gasteiger charge is -2.23. The number of anilines is 1. The molecule has 170 valence electrons. The summed E-state index contributed by atoms with van der Waals surface area (Å²) in [5.41, 5.74) is 2.57. The number of hydrogen-bond donors (Lipinski definition) is 3. The van der Waals surface area contributed by atoms with Gasteiger partial charge in [-0.15, -0.1) is 0 Å². The van der Waals surface area contributed by atoms with Gasteiger partial charge >= 0.3 is 0 Å². The highest BCUT2D eigenvalue weighted by Gasteiger charge is 2.26. The summed E-state index contributed by atoms with van der Waals surface area (Å²) in [5, 5.41) is 18.5. The SMILES string of the molecule is Cc1cc(F)c(C(=O)Nc2cccc(C(=N)N(C=N)C(C)C)n2)cc1-n1cnc(C2CC2)c1. The summed E-state index contributed by atoms with van der Waals surface area (Å²) in [5.74, 6) is -0.552. The van der Waals surface area contributed by atoms with Gasteiger partial charge in [-0.3, -0.25) is 15.6 Å². The molecule has 0 radical (unpaired) electrons. The van der Waals surface area contributed by atoms with E-state index in [1.807, 2.05) is 24.6 Å². The monoisotopic (exact) mass is 447 g/mol. The number of carbonyl (C=O) groups excluding carboxylic acids is 1. The van der Waals surface area contributed by atoms with Gasteiger partial charge in [-0.05, 0) is 63.4 Å². The molecule has 9 heteroatoms. The van der Waals surface area contributed by atoms with Crippen molar-refractivity contribution >= 4 is 23.9 Å². The highest BCUT2D eigenvalue weighted by Crippen LogP contribution is 2.39. The number of carbonyl (C=O) groups is 1. The normalized spacial score (nSPS) is 13.1. The number of rotatable bonds is 7. The fraction of sp³-hybridized carbons (Fsp3) is 0.292. The van der Waals surface area contributed by atoms with Gasteiger partial charge in [-0.1, -0.05) is 6.07 Å². The molecular formula is C24H26FN7O. The molecule has 1 amide bonds. The maximum absolute atomic E-state index is 14.7. The summed E-state index contributed by atoms with van der Waals surface area (Å²) in [7, 11) is 0. The second-order valence-corrected chi connectivity index (χ2v) is 8.44. The lowest BCUT2D eigenvalue weighted by molar-refractivity contribution is 0.102. The molecule has 0 bridgehead atoms. The summed E-state index contributed by atoms with van der Waals surface area (Å²) in [6.07, 6.45) is 6.95. The first kappa shape index (κ1) is 22.3. The molecule has 1 aliphatic rings. The zero-order valence-electron chi connectivity index (χ0n) is 18.8.